The molecule has 5 amide bonds. The van der Waals surface area contributed by atoms with Gasteiger partial charge >= 0.3 is 0 Å². The number of methoxy groups -OCH3 is 1. The molecule has 0 radical (unpaired) electrons. The minimum absolute atomic E-state index is 0.127. The number of hydrogen-bond donors (Lipinski definition) is 1. The van der Waals surface area contributed by atoms with Crippen molar-refractivity contribution in [2.45, 2.75) is 13.8 Å². The summed E-state index contributed by atoms with van der Waals surface area (Å²) in [5.41, 5.74) is 1.87. The fourth-order valence-electron chi connectivity index (χ4n) is 3.80. The number of amides is 5. The lowest BCUT2D eigenvalue weighted by Crippen LogP contribution is -2.39. The van der Waals surface area contributed by atoms with Gasteiger partial charge in [-0.25, -0.2) is 0 Å². The molecule has 39 heavy (non-hydrogen) atoms. The Morgan fingerprint density at radius 2 is 1.49 bits per heavy atom. The lowest BCUT2D eigenvalue weighted by molar-refractivity contribution is -0.125. The van der Waals surface area contributed by atoms with Crippen LogP contribution in [0.2, 0.25) is 0 Å². The van der Waals surface area contributed by atoms with Crippen molar-refractivity contribution < 1.29 is 33.4 Å². The molecule has 0 atom stereocenters. The number of nitrogens with zero attached hydrogens (tertiary/aromatic N) is 2. The number of benzene rings is 2. The van der Waals surface area contributed by atoms with Gasteiger partial charge in [0.1, 0.15) is 11.5 Å². The summed E-state index contributed by atoms with van der Waals surface area (Å²) in [6.45, 7) is 3.41. The van der Waals surface area contributed by atoms with Crippen LogP contribution in [0.5, 0.6) is 11.5 Å². The third kappa shape index (κ3) is 6.52. The van der Waals surface area contributed by atoms with Gasteiger partial charge in [0.15, 0.2) is 0 Å². The predicted molar refractivity (Wildman–Crippen MR) is 150 cm³/mol. The first kappa shape index (κ1) is 28.0. The highest BCUT2D eigenvalue weighted by atomic mass is 32.2. The molecule has 0 aliphatic carbocycles. The molecule has 2 aliphatic heterocycles. The molecule has 2 aliphatic rings. The van der Waals surface area contributed by atoms with E-state index in [4.69, 9.17) is 9.47 Å². The Hall–Kier alpha value is -4.03. The van der Waals surface area contributed by atoms with E-state index < -0.39 is 22.3 Å². The third-order valence-corrected chi connectivity index (χ3v) is 7.44. The number of imide groups is 2. The van der Waals surface area contributed by atoms with Crippen molar-refractivity contribution in [1.82, 2.24) is 9.80 Å². The van der Waals surface area contributed by atoms with Crippen molar-refractivity contribution in [3.63, 3.8) is 0 Å². The Kier molecular flexibility index (Phi) is 8.77. The monoisotopic (exact) mass is 567 g/mol. The van der Waals surface area contributed by atoms with Gasteiger partial charge in [-0.15, -0.1) is 0 Å². The van der Waals surface area contributed by atoms with Gasteiger partial charge in [0.2, 0.25) is 5.91 Å². The van der Waals surface area contributed by atoms with E-state index in [2.05, 4.69) is 5.32 Å². The Morgan fingerprint density at radius 1 is 0.897 bits per heavy atom. The minimum Gasteiger partial charge on any atom is -0.497 e. The van der Waals surface area contributed by atoms with Crippen molar-refractivity contribution in [3.05, 3.63) is 63.4 Å². The fraction of sp³-hybridized carbons (Fsp3) is 0.222. The molecule has 0 spiro atoms. The van der Waals surface area contributed by atoms with Gasteiger partial charge in [0.25, 0.3) is 22.3 Å². The Labute approximate surface area is 233 Å². The molecule has 0 bridgehead atoms. The topological polar surface area (TPSA) is 122 Å². The van der Waals surface area contributed by atoms with E-state index >= 15 is 0 Å². The lowest BCUT2D eigenvalue weighted by atomic mass is 10.1. The van der Waals surface area contributed by atoms with Crippen LogP contribution in [0.3, 0.4) is 0 Å². The fourth-order valence-corrected chi connectivity index (χ4v) is 5.52. The normalized spacial score (nSPS) is 17.5. The summed E-state index contributed by atoms with van der Waals surface area (Å²) in [7, 11) is 1.52. The minimum atomic E-state index is -0.517. The first-order valence-corrected chi connectivity index (χ1v) is 13.5. The van der Waals surface area contributed by atoms with E-state index in [1.165, 1.54) is 14.0 Å². The van der Waals surface area contributed by atoms with Crippen LogP contribution < -0.4 is 14.8 Å². The van der Waals surface area contributed by atoms with Crippen molar-refractivity contribution in [2.24, 2.45) is 0 Å². The highest BCUT2D eigenvalue weighted by molar-refractivity contribution is 8.18. The van der Waals surface area contributed by atoms with Crippen molar-refractivity contribution >= 4 is 69.6 Å². The molecule has 4 rings (SSSR count). The summed E-state index contributed by atoms with van der Waals surface area (Å²) in [6.07, 6.45) is 3.15. The molecule has 12 heteroatoms. The summed E-state index contributed by atoms with van der Waals surface area (Å²) in [5.74, 6) is -0.108. The zero-order valence-electron chi connectivity index (χ0n) is 21.4. The smallest absolute Gasteiger partial charge is 0.293 e. The maximum atomic E-state index is 13.0. The maximum absolute atomic E-state index is 13.0. The van der Waals surface area contributed by atoms with Crippen molar-refractivity contribution in [3.8, 4) is 11.5 Å². The number of rotatable bonds is 9. The molecule has 0 aromatic heterocycles. The zero-order valence-corrected chi connectivity index (χ0v) is 23.0. The summed E-state index contributed by atoms with van der Waals surface area (Å²) in [4.78, 5) is 64.7. The molecule has 2 aromatic rings. The average molecular weight is 568 g/mol. The SMILES string of the molecule is CCOc1ccc(OC)cc1C=C1SC(=O)N(CCN2C(=O)SC(=Cc3ccc(NC(C)=O)cc3)C2=O)C1=O. The average Bonchev–Trinajstić information content (AvgIpc) is 3.32. The van der Waals surface area contributed by atoms with Gasteiger partial charge in [0, 0.05) is 31.3 Å². The lowest BCUT2D eigenvalue weighted by Gasteiger charge is -2.17. The van der Waals surface area contributed by atoms with Gasteiger partial charge in [-0.2, -0.15) is 0 Å². The van der Waals surface area contributed by atoms with Crippen LogP contribution in [0.15, 0.2) is 52.3 Å². The van der Waals surface area contributed by atoms with Gasteiger partial charge in [-0.1, -0.05) is 12.1 Å². The molecule has 0 unspecified atom stereocenters. The van der Waals surface area contributed by atoms with E-state index in [0.29, 0.717) is 34.9 Å². The first-order valence-electron chi connectivity index (χ1n) is 11.9. The predicted octanol–water partition coefficient (Wildman–Crippen LogP) is 4.83. The number of hydrogen-bond acceptors (Lipinski definition) is 9. The van der Waals surface area contributed by atoms with E-state index in [0.717, 1.165) is 33.3 Å². The molecule has 10 nitrogen and oxygen atoms in total. The Morgan fingerprint density at radius 3 is 2.03 bits per heavy atom. The molecule has 2 saturated heterocycles. The zero-order chi connectivity index (χ0) is 28.1. The van der Waals surface area contributed by atoms with Crippen molar-refractivity contribution in [2.75, 3.05) is 32.1 Å². The molecule has 2 aromatic carbocycles. The van der Waals surface area contributed by atoms with Gasteiger partial charge in [0.05, 0.1) is 23.5 Å². The number of ether oxygens (including phenoxy) is 2. The number of carbonyl (C=O) groups is 5. The van der Waals surface area contributed by atoms with Crippen LogP contribution in [-0.4, -0.2) is 64.8 Å². The van der Waals surface area contributed by atoms with Crippen molar-refractivity contribution in [1.29, 1.82) is 0 Å². The van der Waals surface area contributed by atoms with Crippen LogP contribution in [0.4, 0.5) is 15.3 Å². The number of carbonyl (C=O) groups excluding carboxylic acids is 5. The van der Waals surface area contributed by atoms with E-state index in [9.17, 15) is 24.0 Å². The molecule has 1 N–H and O–H groups in total. The largest absolute Gasteiger partial charge is 0.497 e. The van der Waals surface area contributed by atoms with Gasteiger partial charge in [-0.05, 0) is 78.5 Å². The Balaban J connectivity index is 1.43. The van der Waals surface area contributed by atoms with E-state index in [-0.39, 0.29) is 28.8 Å². The second-order valence-electron chi connectivity index (χ2n) is 8.31. The van der Waals surface area contributed by atoms with E-state index in [1.807, 2.05) is 6.92 Å². The summed E-state index contributed by atoms with van der Waals surface area (Å²) >= 11 is 1.56. The quantitative estimate of drug-likeness (QED) is 0.425. The van der Waals surface area contributed by atoms with Gasteiger partial charge in [-0.3, -0.25) is 33.8 Å². The number of anilines is 1. The second-order valence-corrected chi connectivity index (χ2v) is 10.3. The molecule has 2 heterocycles. The molecule has 202 valence electrons. The van der Waals surface area contributed by atoms with Crippen LogP contribution in [-0.2, 0) is 14.4 Å². The van der Waals surface area contributed by atoms with Gasteiger partial charge < -0.3 is 14.8 Å². The van der Waals surface area contributed by atoms with Crippen LogP contribution >= 0.6 is 23.5 Å². The summed E-state index contributed by atoms with van der Waals surface area (Å²) in [5, 5.41) is 1.68. The number of nitrogens with one attached hydrogen (secondary N) is 1. The molecule has 2 fully saturated rings. The second kappa shape index (κ2) is 12.2. The summed E-state index contributed by atoms with van der Waals surface area (Å²) in [6, 6.07) is 12.0. The molecular weight excluding hydrogens is 542 g/mol. The third-order valence-electron chi connectivity index (χ3n) is 5.63. The van der Waals surface area contributed by atoms with Crippen LogP contribution in [0, 0.1) is 0 Å². The number of thioether (sulfide) groups is 2. The van der Waals surface area contributed by atoms with Crippen LogP contribution in [0.25, 0.3) is 12.2 Å². The standard InChI is InChI=1S/C27H25N3O7S2/c1-4-37-21-10-9-20(36-3)14-18(21)15-23-25(33)30(27(35)39-23)12-11-29-24(32)22(38-26(29)34)13-17-5-7-19(8-6-17)28-16(2)31/h5-10,13-15H,4,11-12H2,1-3H3,(H,28,31). The Bertz CT molecular complexity index is 1400. The highest BCUT2D eigenvalue weighted by Gasteiger charge is 2.39. The van der Waals surface area contributed by atoms with Crippen LogP contribution in [0.1, 0.15) is 25.0 Å². The highest BCUT2D eigenvalue weighted by Crippen LogP contribution is 2.36. The summed E-state index contributed by atoms with van der Waals surface area (Å²) < 4.78 is 10.9. The molecule has 0 saturated carbocycles. The van der Waals surface area contributed by atoms with E-state index in [1.54, 1.807) is 54.6 Å². The first-order chi connectivity index (χ1) is 18.7. The molecular formula is C27H25N3O7S2. The maximum Gasteiger partial charge on any atom is 0.293 e.